The lowest BCUT2D eigenvalue weighted by molar-refractivity contribution is 0.895. The molecule has 0 atom stereocenters. The molecule has 0 aliphatic rings. The molecule has 0 aliphatic heterocycles. The third-order valence-electron chi connectivity index (χ3n) is 4.39. The van der Waals surface area contributed by atoms with Gasteiger partial charge in [-0.2, -0.15) is 10.2 Å². The highest BCUT2D eigenvalue weighted by Gasteiger charge is 2.18. The molecule has 1 aromatic heterocycles. The van der Waals surface area contributed by atoms with Crippen LogP contribution in [0.25, 0.3) is 16.9 Å². The average molecular weight is 388 g/mol. The monoisotopic (exact) mass is 387 g/mol. The van der Waals surface area contributed by atoms with Crippen molar-refractivity contribution >= 4 is 28.8 Å². The Balaban J connectivity index is 1.86. The first-order chi connectivity index (χ1) is 13.6. The number of aryl methyl sites for hydroxylation is 1. The van der Waals surface area contributed by atoms with Crippen molar-refractivity contribution < 1.29 is 0 Å². The molecule has 0 saturated heterocycles. The van der Waals surface area contributed by atoms with Gasteiger partial charge in [-0.3, -0.25) is 0 Å². The lowest BCUT2D eigenvalue weighted by Gasteiger charge is -2.02. The fraction of sp³-hybridized carbons (Fsp3) is 0.0455. The van der Waals surface area contributed by atoms with Crippen molar-refractivity contribution in [3.8, 4) is 16.9 Å². The number of halogens is 1. The highest BCUT2D eigenvalue weighted by Crippen LogP contribution is 2.38. The van der Waals surface area contributed by atoms with E-state index in [4.69, 9.17) is 22.4 Å². The third-order valence-corrected chi connectivity index (χ3v) is 4.64. The number of hydrogen-bond acceptors (Lipinski definition) is 4. The number of nitrogen functional groups attached to an aromatic ring is 1. The van der Waals surface area contributed by atoms with Gasteiger partial charge in [0, 0.05) is 10.6 Å². The fourth-order valence-electron chi connectivity index (χ4n) is 2.87. The zero-order valence-electron chi connectivity index (χ0n) is 15.2. The highest BCUT2D eigenvalue weighted by atomic mass is 35.5. The molecule has 0 saturated carbocycles. The third kappa shape index (κ3) is 3.52. The van der Waals surface area contributed by atoms with Crippen molar-refractivity contribution in [3.63, 3.8) is 0 Å². The Morgan fingerprint density at radius 2 is 1.54 bits per heavy atom. The van der Waals surface area contributed by atoms with E-state index in [0.29, 0.717) is 22.2 Å². The molecule has 1 heterocycles. The van der Waals surface area contributed by atoms with Gasteiger partial charge in [-0.1, -0.05) is 60.1 Å². The molecule has 28 heavy (non-hydrogen) atoms. The molecule has 4 rings (SSSR count). The molecule has 0 radical (unpaired) electrons. The average Bonchev–Trinajstić information content (AvgIpc) is 3.05. The summed E-state index contributed by atoms with van der Waals surface area (Å²) in [5.74, 6) is 0.425. The zero-order valence-corrected chi connectivity index (χ0v) is 16.0. The van der Waals surface area contributed by atoms with Crippen molar-refractivity contribution in [1.29, 1.82) is 0 Å². The van der Waals surface area contributed by atoms with Crippen molar-refractivity contribution in [1.82, 2.24) is 9.78 Å². The van der Waals surface area contributed by atoms with Crippen molar-refractivity contribution in [2.75, 3.05) is 5.73 Å². The van der Waals surface area contributed by atoms with Crippen LogP contribution in [-0.2, 0) is 0 Å². The molecule has 6 heteroatoms. The first-order valence-electron chi connectivity index (χ1n) is 8.81. The summed E-state index contributed by atoms with van der Waals surface area (Å²) in [7, 11) is 0. The van der Waals surface area contributed by atoms with Crippen LogP contribution in [-0.4, -0.2) is 9.78 Å². The smallest absolute Gasteiger partial charge is 0.156 e. The second-order valence-electron chi connectivity index (χ2n) is 6.32. The maximum Gasteiger partial charge on any atom is 0.156 e. The van der Waals surface area contributed by atoms with Gasteiger partial charge in [0.15, 0.2) is 11.5 Å². The molecule has 0 aliphatic carbocycles. The van der Waals surface area contributed by atoms with Gasteiger partial charge in [0.1, 0.15) is 5.69 Å². The molecular weight excluding hydrogens is 370 g/mol. The minimum Gasteiger partial charge on any atom is -0.382 e. The van der Waals surface area contributed by atoms with Gasteiger partial charge < -0.3 is 5.73 Å². The minimum absolute atomic E-state index is 0.425. The van der Waals surface area contributed by atoms with E-state index in [1.165, 1.54) is 0 Å². The second kappa shape index (κ2) is 7.66. The van der Waals surface area contributed by atoms with E-state index < -0.39 is 0 Å². The maximum atomic E-state index is 6.43. The lowest BCUT2D eigenvalue weighted by atomic mass is 10.1. The Labute approximate surface area is 168 Å². The van der Waals surface area contributed by atoms with Gasteiger partial charge in [-0.25, -0.2) is 4.68 Å². The Kier molecular flexibility index (Phi) is 4.91. The molecule has 138 valence electrons. The van der Waals surface area contributed by atoms with Crippen molar-refractivity contribution in [3.05, 3.63) is 89.4 Å². The molecule has 2 N–H and O–H groups in total. The van der Waals surface area contributed by atoms with E-state index in [1.807, 2.05) is 85.8 Å². The Morgan fingerprint density at radius 1 is 0.857 bits per heavy atom. The summed E-state index contributed by atoms with van der Waals surface area (Å²) in [5.41, 5.74) is 11.1. The Hall–Kier alpha value is -3.44. The standard InChI is InChI=1S/C22H18ClN5/c1-15-7-5-6-10-19(15)25-26-21-20(16-11-13-17(23)14-12-16)27-28(22(21)24)18-8-3-2-4-9-18/h2-14H,24H2,1H3. The summed E-state index contributed by atoms with van der Waals surface area (Å²) in [5, 5.41) is 14.2. The normalized spacial score (nSPS) is 11.2. The fourth-order valence-corrected chi connectivity index (χ4v) is 3.00. The zero-order chi connectivity index (χ0) is 19.5. The van der Waals surface area contributed by atoms with Gasteiger partial charge in [0.25, 0.3) is 0 Å². The molecule has 5 nitrogen and oxygen atoms in total. The van der Waals surface area contributed by atoms with Crippen LogP contribution < -0.4 is 5.73 Å². The lowest BCUT2D eigenvalue weighted by Crippen LogP contribution is -2.01. The van der Waals surface area contributed by atoms with Crippen molar-refractivity contribution in [2.24, 2.45) is 10.2 Å². The van der Waals surface area contributed by atoms with E-state index in [2.05, 4.69) is 10.2 Å². The SMILES string of the molecule is Cc1ccccc1N=Nc1c(-c2ccc(Cl)cc2)nn(-c2ccccc2)c1N. The summed E-state index contributed by atoms with van der Waals surface area (Å²) in [6, 6.07) is 24.9. The first kappa shape index (κ1) is 17.9. The number of nitrogens with two attached hydrogens (primary N) is 1. The van der Waals surface area contributed by atoms with E-state index in [9.17, 15) is 0 Å². The molecule has 0 bridgehead atoms. The van der Waals surface area contributed by atoms with E-state index >= 15 is 0 Å². The van der Waals surface area contributed by atoms with Gasteiger partial charge in [-0.15, -0.1) is 5.11 Å². The predicted octanol–water partition coefficient (Wildman–Crippen LogP) is 6.50. The number of rotatable bonds is 4. The summed E-state index contributed by atoms with van der Waals surface area (Å²) in [6.45, 7) is 1.99. The summed E-state index contributed by atoms with van der Waals surface area (Å²) in [4.78, 5) is 0. The highest BCUT2D eigenvalue weighted by molar-refractivity contribution is 6.30. The molecule has 3 aromatic carbocycles. The number of para-hydroxylation sites is 1. The topological polar surface area (TPSA) is 68.6 Å². The van der Waals surface area contributed by atoms with Crippen LogP contribution in [0.3, 0.4) is 0 Å². The number of benzene rings is 3. The van der Waals surface area contributed by atoms with Gasteiger partial charge in [0.05, 0.1) is 11.4 Å². The first-order valence-corrected chi connectivity index (χ1v) is 9.18. The number of anilines is 1. The summed E-state index contributed by atoms with van der Waals surface area (Å²) in [6.07, 6.45) is 0. The predicted molar refractivity (Wildman–Crippen MR) is 114 cm³/mol. The number of nitrogens with zero attached hydrogens (tertiary/aromatic N) is 4. The second-order valence-corrected chi connectivity index (χ2v) is 6.76. The largest absolute Gasteiger partial charge is 0.382 e. The minimum atomic E-state index is 0.425. The van der Waals surface area contributed by atoms with E-state index in [1.54, 1.807) is 4.68 Å². The Morgan fingerprint density at radius 3 is 2.25 bits per heavy atom. The number of azo groups is 1. The maximum absolute atomic E-state index is 6.43. The van der Waals surface area contributed by atoms with E-state index in [0.717, 1.165) is 22.5 Å². The summed E-state index contributed by atoms with van der Waals surface area (Å²) >= 11 is 6.04. The number of aromatic nitrogens is 2. The van der Waals surface area contributed by atoms with E-state index in [-0.39, 0.29) is 0 Å². The van der Waals surface area contributed by atoms with Crippen LogP contribution in [0, 0.1) is 6.92 Å². The van der Waals surface area contributed by atoms with Crippen LogP contribution in [0.15, 0.2) is 89.1 Å². The molecule has 0 spiro atoms. The van der Waals surface area contributed by atoms with Gasteiger partial charge >= 0.3 is 0 Å². The molecule has 0 fully saturated rings. The van der Waals surface area contributed by atoms with Crippen molar-refractivity contribution in [2.45, 2.75) is 6.92 Å². The Bertz CT molecular complexity index is 1130. The van der Waals surface area contributed by atoms with Crippen LogP contribution in [0.2, 0.25) is 5.02 Å². The molecule has 0 amide bonds. The molecule has 4 aromatic rings. The molecule has 0 unspecified atom stereocenters. The number of hydrogen-bond donors (Lipinski definition) is 1. The van der Waals surface area contributed by atoms with Crippen LogP contribution in [0.5, 0.6) is 0 Å². The quantitative estimate of drug-likeness (QED) is 0.406. The van der Waals surface area contributed by atoms with Gasteiger partial charge in [-0.05, 0) is 42.8 Å². The van der Waals surface area contributed by atoms with Crippen LogP contribution >= 0.6 is 11.6 Å². The van der Waals surface area contributed by atoms with Crippen LogP contribution in [0.1, 0.15) is 5.56 Å². The summed E-state index contributed by atoms with van der Waals surface area (Å²) < 4.78 is 1.68. The van der Waals surface area contributed by atoms with Gasteiger partial charge in [0.2, 0.25) is 0 Å². The molecular formula is C22H18ClN5. The van der Waals surface area contributed by atoms with Crippen LogP contribution in [0.4, 0.5) is 17.2 Å².